The van der Waals surface area contributed by atoms with Crippen LogP contribution in [-0.2, 0) is 14.3 Å². The Labute approximate surface area is 111 Å². The summed E-state index contributed by atoms with van der Waals surface area (Å²) in [4.78, 5) is 22.5. The molecule has 0 radical (unpaired) electrons. The number of carbonyl (C=O) groups excluding carboxylic acids is 2. The lowest BCUT2D eigenvalue weighted by atomic mass is 10.3. The van der Waals surface area contributed by atoms with Gasteiger partial charge in [-0.25, -0.2) is 9.59 Å². The molecule has 1 amide bonds. The number of ether oxygens (including phenoxy) is 2. The van der Waals surface area contributed by atoms with Gasteiger partial charge in [0.15, 0.2) is 0 Å². The second-order valence-corrected chi connectivity index (χ2v) is 3.54. The molecule has 6 heteroatoms. The first-order chi connectivity index (χ1) is 9.11. The Bertz CT molecular complexity index is 457. The third-order valence-electron chi connectivity index (χ3n) is 1.98. The van der Waals surface area contributed by atoms with Gasteiger partial charge in [0, 0.05) is 11.8 Å². The smallest absolute Gasteiger partial charge is 0.412 e. The van der Waals surface area contributed by atoms with Crippen LogP contribution in [0.25, 0.3) is 0 Å². The Morgan fingerprint density at radius 2 is 1.95 bits per heavy atom. The van der Waals surface area contributed by atoms with Gasteiger partial charge in [0.05, 0.1) is 12.3 Å². The van der Waals surface area contributed by atoms with Crippen molar-refractivity contribution in [3.63, 3.8) is 0 Å². The van der Waals surface area contributed by atoms with Gasteiger partial charge < -0.3 is 15.2 Å². The number of anilines is 1. The standard InChI is InChI=1S/C13H16N2O4/c1-2-18-12(16)8-10(14)9-19-13(17)15-11-6-4-3-5-7-11/h3-8H,2,9,14H2,1H3,(H,15,17). The predicted molar refractivity (Wildman–Crippen MR) is 70.3 cm³/mol. The fourth-order valence-corrected chi connectivity index (χ4v) is 1.20. The van der Waals surface area contributed by atoms with Crippen molar-refractivity contribution in [1.29, 1.82) is 0 Å². The van der Waals surface area contributed by atoms with E-state index in [-0.39, 0.29) is 18.9 Å². The van der Waals surface area contributed by atoms with Crippen molar-refractivity contribution in [2.24, 2.45) is 5.73 Å². The molecule has 1 rings (SSSR count). The number of amides is 1. The molecule has 19 heavy (non-hydrogen) atoms. The highest BCUT2D eigenvalue weighted by Gasteiger charge is 2.04. The Morgan fingerprint density at radius 3 is 2.58 bits per heavy atom. The van der Waals surface area contributed by atoms with E-state index in [9.17, 15) is 9.59 Å². The average Bonchev–Trinajstić information content (AvgIpc) is 2.38. The van der Waals surface area contributed by atoms with Gasteiger partial charge in [-0.05, 0) is 19.1 Å². The summed E-state index contributed by atoms with van der Waals surface area (Å²) in [7, 11) is 0. The zero-order chi connectivity index (χ0) is 14.1. The lowest BCUT2D eigenvalue weighted by Crippen LogP contribution is -2.18. The van der Waals surface area contributed by atoms with Crippen LogP contribution in [0.2, 0.25) is 0 Å². The van der Waals surface area contributed by atoms with Crippen LogP contribution in [0, 0.1) is 0 Å². The first-order valence-electron chi connectivity index (χ1n) is 5.73. The van der Waals surface area contributed by atoms with E-state index in [4.69, 9.17) is 10.5 Å². The van der Waals surface area contributed by atoms with Gasteiger partial charge in [-0.15, -0.1) is 0 Å². The van der Waals surface area contributed by atoms with Crippen LogP contribution in [0.3, 0.4) is 0 Å². The summed E-state index contributed by atoms with van der Waals surface area (Å²) in [5.41, 5.74) is 6.23. The highest BCUT2D eigenvalue weighted by Crippen LogP contribution is 2.05. The lowest BCUT2D eigenvalue weighted by molar-refractivity contribution is -0.137. The molecule has 0 bridgehead atoms. The summed E-state index contributed by atoms with van der Waals surface area (Å²) in [6.45, 7) is 1.77. The molecule has 0 heterocycles. The molecule has 0 spiro atoms. The quantitative estimate of drug-likeness (QED) is 0.623. The number of hydrogen-bond acceptors (Lipinski definition) is 5. The highest BCUT2D eigenvalue weighted by molar-refractivity contribution is 5.85. The molecule has 102 valence electrons. The maximum Gasteiger partial charge on any atom is 0.412 e. The number of esters is 1. The SMILES string of the molecule is CCOC(=O)C=C(N)COC(=O)Nc1ccccc1. The maximum absolute atomic E-state index is 11.4. The molecule has 0 unspecified atom stereocenters. The minimum atomic E-state index is -0.647. The summed E-state index contributed by atoms with van der Waals surface area (Å²) in [6, 6.07) is 8.84. The zero-order valence-corrected chi connectivity index (χ0v) is 10.6. The Hall–Kier alpha value is -2.50. The average molecular weight is 264 g/mol. The zero-order valence-electron chi connectivity index (χ0n) is 10.6. The molecule has 0 aliphatic heterocycles. The van der Waals surface area contributed by atoms with Gasteiger partial charge in [0.1, 0.15) is 6.61 Å². The molecule has 0 saturated carbocycles. The Morgan fingerprint density at radius 1 is 1.26 bits per heavy atom. The van der Waals surface area contributed by atoms with Gasteiger partial charge in [0.25, 0.3) is 0 Å². The number of para-hydroxylation sites is 1. The summed E-state index contributed by atoms with van der Waals surface area (Å²) >= 11 is 0. The molecule has 0 atom stereocenters. The topological polar surface area (TPSA) is 90.7 Å². The molecule has 1 aromatic rings. The van der Waals surface area contributed by atoms with Crippen LogP contribution in [0.15, 0.2) is 42.1 Å². The highest BCUT2D eigenvalue weighted by atomic mass is 16.5. The number of nitrogens with one attached hydrogen (secondary N) is 1. The first-order valence-corrected chi connectivity index (χ1v) is 5.73. The van der Waals surface area contributed by atoms with Crippen LogP contribution in [0.5, 0.6) is 0 Å². The van der Waals surface area contributed by atoms with Gasteiger partial charge in [-0.2, -0.15) is 0 Å². The molecule has 0 fully saturated rings. The monoisotopic (exact) mass is 264 g/mol. The Kier molecular flexibility index (Phi) is 5.94. The van der Waals surface area contributed by atoms with E-state index < -0.39 is 12.1 Å². The molecule has 0 aromatic heterocycles. The van der Waals surface area contributed by atoms with Crippen LogP contribution in [0.1, 0.15) is 6.92 Å². The second kappa shape index (κ2) is 7.75. The summed E-state index contributed by atoms with van der Waals surface area (Å²) < 4.78 is 9.50. The van der Waals surface area contributed by atoms with E-state index in [1.165, 1.54) is 0 Å². The van der Waals surface area contributed by atoms with Crippen molar-refractivity contribution in [1.82, 2.24) is 0 Å². The van der Waals surface area contributed by atoms with Crippen molar-refractivity contribution in [3.8, 4) is 0 Å². The maximum atomic E-state index is 11.4. The third kappa shape index (κ3) is 6.11. The van der Waals surface area contributed by atoms with E-state index >= 15 is 0 Å². The minimum absolute atomic E-state index is 0.113. The molecule has 0 aliphatic rings. The second-order valence-electron chi connectivity index (χ2n) is 3.54. The van der Waals surface area contributed by atoms with Crippen LogP contribution in [0.4, 0.5) is 10.5 Å². The van der Waals surface area contributed by atoms with E-state index in [0.29, 0.717) is 5.69 Å². The van der Waals surface area contributed by atoms with E-state index in [1.54, 1.807) is 31.2 Å². The van der Waals surface area contributed by atoms with Crippen molar-refractivity contribution in [2.75, 3.05) is 18.5 Å². The van der Waals surface area contributed by atoms with Crippen LogP contribution >= 0.6 is 0 Å². The third-order valence-corrected chi connectivity index (χ3v) is 1.98. The fraction of sp³-hybridized carbons (Fsp3) is 0.231. The molecular weight excluding hydrogens is 248 g/mol. The van der Waals surface area contributed by atoms with Crippen molar-refractivity contribution < 1.29 is 19.1 Å². The number of benzene rings is 1. The number of hydrogen-bond donors (Lipinski definition) is 2. The number of carbonyl (C=O) groups is 2. The summed E-state index contributed by atoms with van der Waals surface area (Å²) in [5, 5.41) is 2.52. The molecule has 0 saturated heterocycles. The van der Waals surface area contributed by atoms with Crippen molar-refractivity contribution >= 4 is 17.7 Å². The van der Waals surface area contributed by atoms with Gasteiger partial charge >= 0.3 is 12.1 Å². The molecule has 1 aromatic carbocycles. The van der Waals surface area contributed by atoms with Gasteiger partial charge in [-0.1, -0.05) is 18.2 Å². The number of rotatable bonds is 5. The summed E-state index contributed by atoms with van der Waals surface area (Å²) in [5.74, 6) is -0.563. The minimum Gasteiger partial charge on any atom is -0.463 e. The molecular formula is C13H16N2O4. The van der Waals surface area contributed by atoms with Gasteiger partial charge in [0.2, 0.25) is 0 Å². The molecule has 0 aliphatic carbocycles. The van der Waals surface area contributed by atoms with E-state index in [0.717, 1.165) is 6.08 Å². The summed E-state index contributed by atoms with van der Waals surface area (Å²) in [6.07, 6.45) is 0.436. The fourth-order valence-electron chi connectivity index (χ4n) is 1.20. The predicted octanol–water partition coefficient (Wildman–Crippen LogP) is 1.64. The van der Waals surface area contributed by atoms with Crippen LogP contribution < -0.4 is 11.1 Å². The van der Waals surface area contributed by atoms with Crippen molar-refractivity contribution in [2.45, 2.75) is 6.92 Å². The first kappa shape index (κ1) is 14.6. The Balaban J connectivity index is 2.36. The normalized spacial score (nSPS) is 10.7. The number of nitrogens with two attached hydrogens (primary N) is 1. The van der Waals surface area contributed by atoms with E-state index in [1.807, 2.05) is 6.07 Å². The largest absolute Gasteiger partial charge is 0.463 e. The van der Waals surface area contributed by atoms with E-state index in [2.05, 4.69) is 10.1 Å². The van der Waals surface area contributed by atoms with Gasteiger partial charge in [-0.3, -0.25) is 5.32 Å². The molecule has 6 nitrogen and oxygen atoms in total. The van der Waals surface area contributed by atoms with Crippen LogP contribution in [-0.4, -0.2) is 25.3 Å². The molecule has 3 N–H and O–H groups in total. The van der Waals surface area contributed by atoms with Crippen molar-refractivity contribution in [3.05, 3.63) is 42.1 Å². The lowest BCUT2D eigenvalue weighted by Gasteiger charge is -2.06.